The van der Waals surface area contributed by atoms with Gasteiger partial charge in [0, 0.05) is 14.9 Å². The highest BCUT2D eigenvalue weighted by atomic mass is 127. The molecule has 0 spiro atoms. The van der Waals surface area contributed by atoms with Gasteiger partial charge in [0.05, 0.1) is 5.70 Å². The molecule has 2 rings (SSSR count). The number of benzene rings is 2. The quantitative estimate of drug-likeness (QED) is 0.480. The summed E-state index contributed by atoms with van der Waals surface area (Å²) in [6, 6.07) is 20.8. The highest BCUT2D eigenvalue weighted by molar-refractivity contribution is 14.1. The minimum absolute atomic E-state index is 0.921. The van der Waals surface area contributed by atoms with Gasteiger partial charge in [0.1, 0.15) is 0 Å². The van der Waals surface area contributed by atoms with Crippen molar-refractivity contribution in [2.24, 2.45) is 4.99 Å². The Morgan fingerprint density at radius 2 is 1.40 bits per heavy atom. The molecule has 0 heterocycles. The van der Waals surface area contributed by atoms with E-state index in [2.05, 4.69) is 85.0 Å². The lowest BCUT2D eigenvalue weighted by Crippen LogP contribution is -1.99. The van der Waals surface area contributed by atoms with E-state index in [9.17, 15) is 0 Å². The summed E-state index contributed by atoms with van der Waals surface area (Å²) in [6.45, 7) is 4.25. The Kier molecular flexibility index (Phi) is 5.53. The van der Waals surface area contributed by atoms with Crippen LogP contribution in [-0.4, -0.2) is 5.71 Å². The van der Waals surface area contributed by atoms with E-state index < -0.39 is 0 Å². The Morgan fingerprint density at radius 1 is 0.900 bits per heavy atom. The largest absolute Gasteiger partial charge is 0.251 e. The first kappa shape index (κ1) is 15.0. The summed E-state index contributed by atoms with van der Waals surface area (Å²) in [7, 11) is 0. The fourth-order valence-electron chi connectivity index (χ4n) is 2.05. The highest BCUT2D eigenvalue weighted by Crippen LogP contribution is 2.25. The lowest BCUT2D eigenvalue weighted by molar-refractivity contribution is 1.26. The zero-order valence-electron chi connectivity index (χ0n) is 11.8. The summed E-state index contributed by atoms with van der Waals surface area (Å²) in [5, 5.41) is 0. The maximum atomic E-state index is 4.92. The number of hydrogen-bond donors (Lipinski definition) is 0. The molecule has 0 radical (unpaired) electrons. The molecule has 0 unspecified atom stereocenters. The van der Waals surface area contributed by atoms with Gasteiger partial charge in [0.25, 0.3) is 0 Å². The molecular formula is C18H18IN. The lowest BCUT2D eigenvalue weighted by Gasteiger charge is -2.09. The Bertz CT molecular complexity index is 608. The maximum Gasteiger partial charge on any atom is 0.0795 e. The van der Waals surface area contributed by atoms with Crippen molar-refractivity contribution in [1.82, 2.24) is 0 Å². The standard InChI is InChI=1S/C18H18IN/c1-3-17(15-10-6-4-7-11-15)20-18(14(2)19)16-12-8-5-9-13-16/h4-13H,3H2,1-2H3/b18-14-,20-17?. The van der Waals surface area contributed by atoms with Crippen molar-refractivity contribution >= 4 is 34.0 Å². The monoisotopic (exact) mass is 375 g/mol. The SMILES string of the molecule is CCC(=N/C(=C(/C)I)c1ccccc1)c1ccccc1. The van der Waals surface area contributed by atoms with E-state index in [0.717, 1.165) is 17.8 Å². The van der Waals surface area contributed by atoms with Gasteiger partial charge >= 0.3 is 0 Å². The molecule has 0 fully saturated rings. The molecule has 0 aliphatic heterocycles. The van der Waals surface area contributed by atoms with Crippen LogP contribution in [-0.2, 0) is 0 Å². The first-order valence-corrected chi connectivity index (χ1v) is 7.85. The smallest absolute Gasteiger partial charge is 0.0795 e. The summed E-state index contributed by atoms with van der Waals surface area (Å²) >= 11 is 2.35. The molecule has 102 valence electrons. The first-order valence-electron chi connectivity index (χ1n) is 6.77. The van der Waals surface area contributed by atoms with Crippen LogP contribution in [0, 0.1) is 0 Å². The second kappa shape index (κ2) is 7.39. The number of aliphatic imine (C=N–C) groups is 1. The van der Waals surface area contributed by atoms with Gasteiger partial charge in [-0.2, -0.15) is 0 Å². The lowest BCUT2D eigenvalue weighted by atomic mass is 10.1. The van der Waals surface area contributed by atoms with Crippen LogP contribution in [0.15, 0.2) is 69.2 Å². The summed E-state index contributed by atoms with van der Waals surface area (Å²) in [6.07, 6.45) is 0.921. The van der Waals surface area contributed by atoms with Crippen LogP contribution in [0.2, 0.25) is 0 Å². The van der Waals surface area contributed by atoms with Crippen LogP contribution in [0.1, 0.15) is 31.4 Å². The van der Waals surface area contributed by atoms with Crippen molar-refractivity contribution in [2.45, 2.75) is 20.3 Å². The Morgan fingerprint density at radius 3 is 1.85 bits per heavy atom. The van der Waals surface area contributed by atoms with Gasteiger partial charge < -0.3 is 0 Å². The molecule has 0 bridgehead atoms. The fraction of sp³-hybridized carbons (Fsp3) is 0.167. The van der Waals surface area contributed by atoms with Crippen LogP contribution in [0.25, 0.3) is 5.70 Å². The molecule has 0 saturated heterocycles. The van der Waals surface area contributed by atoms with Crippen molar-refractivity contribution in [3.8, 4) is 0 Å². The Balaban J connectivity index is 2.46. The second-order valence-corrected chi connectivity index (χ2v) is 6.14. The minimum Gasteiger partial charge on any atom is -0.251 e. The van der Waals surface area contributed by atoms with E-state index in [4.69, 9.17) is 4.99 Å². The number of hydrogen-bond acceptors (Lipinski definition) is 1. The van der Waals surface area contributed by atoms with Gasteiger partial charge in [0.2, 0.25) is 0 Å². The zero-order chi connectivity index (χ0) is 14.4. The van der Waals surface area contributed by atoms with Crippen LogP contribution in [0.4, 0.5) is 0 Å². The summed E-state index contributed by atoms with van der Waals surface area (Å²) in [4.78, 5) is 4.92. The molecule has 2 aromatic rings. The predicted octanol–water partition coefficient (Wildman–Crippen LogP) is 5.71. The number of rotatable bonds is 4. The number of halogens is 1. The molecule has 0 aromatic heterocycles. The third kappa shape index (κ3) is 3.79. The summed E-state index contributed by atoms with van der Waals surface area (Å²) in [5.41, 5.74) is 4.55. The van der Waals surface area contributed by atoms with E-state index in [-0.39, 0.29) is 0 Å². The average molecular weight is 375 g/mol. The Hall–Kier alpha value is -1.42. The Labute approximate surface area is 134 Å². The normalized spacial score (nSPS) is 13.1. The van der Waals surface area contributed by atoms with Gasteiger partial charge in [0.15, 0.2) is 0 Å². The van der Waals surface area contributed by atoms with Gasteiger partial charge in [-0.1, -0.05) is 67.6 Å². The van der Waals surface area contributed by atoms with Crippen LogP contribution >= 0.6 is 22.6 Å². The van der Waals surface area contributed by atoms with Crippen LogP contribution < -0.4 is 0 Å². The van der Waals surface area contributed by atoms with Crippen LogP contribution in [0.5, 0.6) is 0 Å². The second-order valence-electron chi connectivity index (χ2n) is 4.53. The molecule has 0 aliphatic carbocycles. The molecule has 2 heteroatoms. The van der Waals surface area contributed by atoms with E-state index in [0.29, 0.717) is 0 Å². The van der Waals surface area contributed by atoms with Gasteiger partial charge in [-0.25, -0.2) is 0 Å². The predicted molar refractivity (Wildman–Crippen MR) is 96.3 cm³/mol. The third-order valence-corrected chi connectivity index (χ3v) is 3.57. The molecule has 0 aliphatic rings. The molecule has 0 atom stereocenters. The molecular weight excluding hydrogens is 357 g/mol. The van der Waals surface area contributed by atoms with Crippen molar-refractivity contribution in [3.05, 3.63) is 75.4 Å². The van der Waals surface area contributed by atoms with E-state index in [1.165, 1.54) is 14.7 Å². The van der Waals surface area contributed by atoms with Crippen molar-refractivity contribution in [1.29, 1.82) is 0 Å². The highest BCUT2D eigenvalue weighted by Gasteiger charge is 2.06. The molecule has 2 aromatic carbocycles. The van der Waals surface area contributed by atoms with E-state index >= 15 is 0 Å². The molecule has 0 N–H and O–H groups in total. The van der Waals surface area contributed by atoms with Gasteiger partial charge in [-0.3, -0.25) is 4.99 Å². The molecule has 20 heavy (non-hydrogen) atoms. The van der Waals surface area contributed by atoms with Gasteiger partial charge in [-0.15, -0.1) is 0 Å². The summed E-state index contributed by atoms with van der Waals surface area (Å²) < 4.78 is 1.20. The summed E-state index contributed by atoms with van der Waals surface area (Å²) in [5.74, 6) is 0. The van der Waals surface area contributed by atoms with Crippen LogP contribution in [0.3, 0.4) is 0 Å². The van der Waals surface area contributed by atoms with E-state index in [1.807, 2.05) is 12.1 Å². The third-order valence-electron chi connectivity index (χ3n) is 3.06. The zero-order valence-corrected chi connectivity index (χ0v) is 14.0. The fourth-order valence-corrected chi connectivity index (χ4v) is 2.48. The maximum absolute atomic E-state index is 4.92. The molecule has 0 saturated carbocycles. The number of nitrogens with zero attached hydrogens (tertiary/aromatic N) is 1. The van der Waals surface area contributed by atoms with Crippen molar-refractivity contribution in [2.75, 3.05) is 0 Å². The first-order chi connectivity index (χ1) is 9.72. The minimum atomic E-state index is 0.921. The average Bonchev–Trinajstić information content (AvgIpc) is 2.50. The van der Waals surface area contributed by atoms with Crippen molar-refractivity contribution < 1.29 is 0 Å². The molecule has 1 nitrogen and oxygen atoms in total. The topological polar surface area (TPSA) is 12.4 Å². The van der Waals surface area contributed by atoms with Crippen molar-refractivity contribution in [3.63, 3.8) is 0 Å². The molecule has 0 amide bonds. The van der Waals surface area contributed by atoms with Gasteiger partial charge in [-0.05, 0) is 41.5 Å². The number of allylic oxidation sites excluding steroid dienone is 1. The van der Waals surface area contributed by atoms with E-state index in [1.54, 1.807) is 0 Å².